The Morgan fingerprint density at radius 3 is 2.25 bits per heavy atom. The fourth-order valence-electron chi connectivity index (χ4n) is 6.49. The number of alkyl halides is 2. The van der Waals surface area contributed by atoms with Gasteiger partial charge in [0.25, 0.3) is 11.8 Å². The second kappa shape index (κ2) is 17.3. The predicted molar refractivity (Wildman–Crippen MR) is 189 cm³/mol. The zero-order valence-corrected chi connectivity index (χ0v) is 29.2. The summed E-state index contributed by atoms with van der Waals surface area (Å²) in [6.45, 7) is 7.49. The fourth-order valence-corrected chi connectivity index (χ4v) is 6.49. The summed E-state index contributed by atoms with van der Waals surface area (Å²) in [6, 6.07) is 17.9. The van der Waals surface area contributed by atoms with Gasteiger partial charge in [-0.05, 0) is 54.5 Å². The second-order valence-corrected chi connectivity index (χ2v) is 13.1. The van der Waals surface area contributed by atoms with Gasteiger partial charge < -0.3 is 20.9 Å². The van der Waals surface area contributed by atoms with Crippen LogP contribution in [0.5, 0.6) is 0 Å². The van der Waals surface area contributed by atoms with Crippen LogP contribution >= 0.6 is 0 Å². The number of piperazine rings is 1. The number of halogens is 2. The van der Waals surface area contributed by atoms with E-state index in [9.17, 15) is 28.0 Å². The summed E-state index contributed by atoms with van der Waals surface area (Å²) in [5.74, 6) is -4.68. The molecule has 2 heterocycles. The van der Waals surface area contributed by atoms with Crippen LogP contribution in [0.2, 0.25) is 0 Å². The summed E-state index contributed by atoms with van der Waals surface area (Å²) >= 11 is 0. The molecule has 1 saturated carbocycles. The molecule has 0 bridgehead atoms. The van der Waals surface area contributed by atoms with Crippen molar-refractivity contribution in [2.45, 2.75) is 77.6 Å². The first-order valence-electron chi connectivity index (χ1n) is 17.7. The highest BCUT2D eigenvalue weighted by molar-refractivity contribution is 6.01. The molecule has 13 heteroatoms. The van der Waals surface area contributed by atoms with Gasteiger partial charge in [0.2, 0.25) is 17.7 Å². The van der Waals surface area contributed by atoms with Crippen molar-refractivity contribution in [2.24, 2.45) is 5.92 Å². The average Bonchev–Trinajstić information content (AvgIpc) is 3.63. The van der Waals surface area contributed by atoms with E-state index in [0.29, 0.717) is 30.9 Å². The first-order valence-corrected chi connectivity index (χ1v) is 17.7. The van der Waals surface area contributed by atoms with Gasteiger partial charge in [-0.2, -0.15) is 5.10 Å². The number of carbonyl (C=O) groups excluding carboxylic acids is 4. The molecule has 272 valence electrons. The Labute approximate surface area is 297 Å². The number of hydrogen-bond donors (Lipinski definition) is 3. The SMILES string of the molecule is CCC(=O)N/C(=C/c1ccc(CNC(=O)[C@@H](NC(=O)c2ccnn2CC)C2CCC(F)(F)CC2)cc1)C(=O)N1CCN(Cc2ccccc2)CC1. The maximum atomic E-state index is 14.0. The first-order chi connectivity index (χ1) is 24.5. The summed E-state index contributed by atoms with van der Waals surface area (Å²) in [5.41, 5.74) is 3.15. The summed E-state index contributed by atoms with van der Waals surface area (Å²) in [5, 5.41) is 12.5. The van der Waals surface area contributed by atoms with Crippen LogP contribution in [0.3, 0.4) is 0 Å². The average molecular weight is 704 g/mol. The van der Waals surface area contributed by atoms with Gasteiger partial charge >= 0.3 is 0 Å². The summed E-state index contributed by atoms with van der Waals surface area (Å²) in [7, 11) is 0. The molecule has 2 fully saturated rings. The number of nitrogens with one attached hydrogen (secondary N) is 3. The van der Waals surface area contributed by atoms with E-state index in [2.05, 4.69) is 38.1 Å². The maximum Gasteiger partial charge on any atom is 0.270 e. The van der Waals surface area contributed by atoms with E-state index >= 15 is 0 Å². The Bertz CT molecular complexity index is 1680. The lowest BCUT2D eigenvalue weighted by molar-refractivity contribution is -0.131. The van der Waals surface area contributed by atoms with E-state index in [1.807, 2.05) is 25.1 Å². The quantitative estimate of drug-likeness (QED) is 0.227. The number of aromatic nitrogens is 2. The van der Waals surface area contributed by atoms with Gasteiger partial charge in [-0.25, -0.2) is 8.78 Å². The van der Waals surface area contributed by atoms with E-state index in [-0.39, 0.29) is 56.2 Å². The zero-order valence-electron chi connectivity index (χ0n) is 29.2. The molecular formula is C38H47F2N7O4. The van der Waals surface area contributed by atoms with Crippen molar-refractivity contribution in [3.63, 3.8) is 0 Å². The molecule has 5 rings (SSSR count). The van der Waals surface area contributed by atoms with E-state index in [1.54, 1.807) is 48.2 Å². The van der Waals surface area contributed by atoms with Crippen LogP contribution in [0.4, 0.5) is 8.78 Å². The lowest BCUT2D eigenvalue weighted by Gasteiger charge is -2.35. The van der Waals surface area contributed by atoms with E-state index in [4.69, 9.17) is 0 Å². The molecule has 1 aliphatic heterocycles. The third-order valence-electron chi connectivity index (χ3n) is 9.54. The highest BCUT2D eigenvalue weighted by Gasteiger charge is 2.40. The number of rotatable bonds is 13. The largest absolute Gasteiger partial charge is 0.350 e. The van der Waals surface area contributed by atoms with E-state index in [1.165, 1.54) is 16.4 Å². The molecule has 1 aliphatic carbocycles. The number of benzene rings is 2. The lowest BCUT2D eigenvalue weighted by Crippen LogP contribution is -2.52. The third-order valence-corrected chi connectivity index (χ3v) is 9.54. The molecule has 3 N–H and O–H groups in total. The Kier molecular flexibility index (Phi) is 12.7. The summed E-state index contributed by atoms with van der Waals surface area (Å²) in [6.07, 6.45) is 2.91. The van der Waals surface area contributed by atoms with Crippen molar-refractivity contribution in [3.8, 4) is 0 Å². The van der Waals surface area contributed by atoms with Crippen molar-refractivity contribution in [1.29, 1.82) is 0 Å². The van der Waals surface area contributed by atoms with Crippen molar-refractivity contribution in [2.75, 3.05) is 26.2 Å². The van der Waals surface area contributed by atoms with Crippen LogP contribution in [0, 0.1) is 5.92 Å². The Morgan fingerprint density at radius 1 is 0.922 bits per heavy atom. The van der Waals surface area contributed by atoms with Crippen LogP contribution in [0.25, 0.3) is 6.08 Å². The van der Waals surface area contributed by atoms with Crippen molar-refractivity contribution in [3.05, 3.63) is 94.9 Å². The smallest absolute Gasteiger partial charge is 0.270 e. The standard InChI is InChI=1S/C38H47F2N7O4/c1-3-33(48)43-31(37(51)46-22-20-45(21-23-46)26-29-8-6-5-7-9-29)24-27-10-12-28(13-11-27)25-41-36(50)34(30-14-17-38(39,40)18-15-30)44-35(49)32-16-19-42-47(32)4-2/h5-13,16,19,24,30,34H,3-4,14-15,17-18,20-23,25-26H2,1-2H3,(H,41,50)(H,43,48)(H,44,49)/b31-24+/t34-/m0/s1. The molecule has 4 amide bonds. The minimum Gasteiger partial charge on any atom is -0.350 e. The van der Waals surface area contributed by atoms with Crippen LogP contribution < -0.4 is 16.0 Å². The van der Waals surface area contributed by atoms with Gasteiger partial charge in [-0.15, -0.1) is 0 Å². The van der Waals surface area contributed by atoms with Gasteiger partial charge in [-0.3, -0.25) is 28.8 Å². The minimum atomic E-state index is -2.78. The molecule has 51 heavy (non-hydrogen) atoms. The zero-order chi connectivity index (χ0) is 36.4. The second-order valence-electron chi connectivity index (χ2n) is 13.1. The molecule has 0 unspecified atom stereocenters. The van der Waals surface area contributed by atoms with Crippen molar-refractivity contribution < 1.29 is 28.0 Å². The molecule has 3 aromatic rings. The topological polar surface area (TPSA) is 129 Å². The highest BCUT2D eigenvalue weighted by Crippen LogP contribution is 2.37. The Hall–Kier alpha value is -4.91. The van der Waals surface area contributed by atoms with Crippen molar-refractivity contribution >= 4 is 29.7 Å². The van der Waals surface area contributed by atoms with Gasteiger partial charge in [0.05, 0.1) is 0 Å². The Morgan fingerprint density at radius 2 is 1.61 bits per heavy atom. The van der Waals surface area contributed by atoms with Gasteiger partial charge in [-0.1, -0.05) is 61.5 Å². The number of nitrogens with zero attached hydrogens (tertiary/aromatic N) is 4. The van der Waals surface area contributed by atoms with E-state index in [0.717, 1.165) is 25.2 Å². The normalized spacial score (nSPS) is 17.4. The van der Waals surface area contributed by atoms with Gasteiger partial charge in [0, 0.05) is 71.3 Å². The molecule has 1 atom stereocenters. The van der Waals surface area contributed by atoms with Crippen LogP contribution in [0.1, 0.15) is 73.1 Å². The number of amides is 4. The fraction of sp³-hybridized carbons (Fsp3) is 0.447. The molecule has 0 radical (unpaired) electrons. The molecule has 2 aliphatic rings. The first kappa shape index (κ1) is 37.3. The molecule has 0 spiro atoms. The van der Waals surface area contributed by atoms with Crippen LogP contribution in [-0.4, -0.2) is 81.4 Å². The minimum absolute atomic E-state index is 0.110. The number of aryl methyl sites for hydroxylation is 1. The molecule has 1 saturated heterocycles. The maximum absolute atomic E-state index is 14.0. The Balaban J connectivity index is 1.21. The van der Waals surface area contributed by atoms with Gasteiger partial charge in [0.15, 0.2) is 0 Å². The number of hydrogen-bond acceptors (Lipinski definition) is 6. The molecule has 2 aromatic carbocycles. The monoisotopic (exact) mass is 703 g/mol. The summed E-state index contributed by atoms with van der Waals surface area (Å²) < 4.78 is 29.4. The molecular weight excluding hydrogens is 656 g/mol. The van der Waals surface area contributed by atoms with Crippen LogP contribution in [-0.2, 0) is 34.0 Å². The van der Waals surface area contributed by atoms with Crippen molar-refractivity contribution in [1.82, 2.24) is 35.5 Å². The van der Waals surface area contributed by atoms with E-state index < -0.39 is 29.7 Å². The number of carbonyl (C=O) groups is 4. The predicted octanol–water partition coefficient (Wildman–Crippen LogP) is 4.35. The highest BCUT2D eigenvalue weighted by atomic mass is 19.3. The lowest BCUT2D eigenvalue weighted by atomic mass is 9.81. The summed E-state index contributed by atoms with van der Waals surface area (Å²) in [4.78, 5) is 56.6. The molecule has 1 aromatic heterocycles. The molecule has 11 nitrogen and oxygen atoms in total. The van der Waals surface area contributed by atoms with Crippen LogP contribution in [0.15, 0.2) is 72.6 Å². The third kappa shape index (κ3) is 10.3. The van der Waals surface area contributed by atoms with Gasteiger partial charge in [0.1, 0.15) is 17.4 Å².